The van der Waals surface area contributed by atoms with Crippen molar-refractivity contribution >= 4 is 28.5 Å². The zero-order chi connectivity index (χ0) is 11.7. The molecule has 0 spiro atoms. The van der Waals surface area contributed by atoms with Crippen molar-refractivity contribution < 1.29 is 14.2 Å². The van der Waals surface area contributed by atoms with Crippen LogP contribution in [0.5, 0.6) is 0 Å². The smallest absolute Gasteiger partial charge is 0.299 e. The van der Waals surface area contributed by atoms with Gasteiger partial charge in [0.05, 0.1) is 12.5 Å². The van der Waals surface area contributed by atoms with Gasteiger partial charge in [0.25, 0.3) is 5.91 Å². The molecule has 1 aromatic carbocycles. The van der Waals surface area contributed by atoms with Crippen molar-refractivity contribution in [2.24, 2.45) is 0 Å². The number of fused-ring (bicyclic) bond motifs is 1. The number of carbonyl (C=O) groups excluding carboxylic acids is 1. The number of hydrogen-bond donors (Lipinski definition) is 0. The van der Waals surface area contributed by atoms with E-state index in [4.69, 9.17) is 21.0 Å². The highest BCUT2D eigenvalue weighted by Gasteiger charge is 2.19. The molecule has 0 saturated heterocycles. The van der Waals surface area contributed by atoms with Crippen LogP contribution in [0.1, 0.15) is 10.5 Å². The molecule has 0 saturated carbocycles. The molecule has 2 rings (SSSR count). The lowest BCUT2D eigenvalue weighted by Crippen LogP contribution is -2.25. The molecular weight excluding hydrogens is 232 g/mol. The van der Waals surface area contributed by atoms with Gasteiger partial charge in [-0.15, -0.1) is 0 Å². The Morgan fingerprint density at radius 3 is 3.00 bits per heavy atom. The van der Waals surface area contributed by atoms with E-state index >= 15 is 0 Å². The number of hydroxylamine groups is 2. The Morgan fingerprint density at radius 2 is 2.31 bits per heavy atom. The molecule has 0 radical (unpaired) electrons. The largest absolute Gasteiger partial charge is 0.355 e. The monoisotopic (exact) mass is 240 g/mol. The quantitative estimate of drug-likeness (QED) is 0.755. The molecule has 0 bridgehead atoms. The first-order chi connectivity index (χ1) is 7.63. The third-order valence-electron chi connectivity index (χ3n) is 2.20. The van der Waals surface area contributed by atoms with Crippen LogP contribution in [0, 0.1) is 0 Å². The summed E-state index contributed by atoms with van der Waals surface area (Å²) in [6.07, 6.45) is 0. The number of nitrogens with zero attached hydrogens (tertiary/aromatic N) is 2. The third-order valence-corrected chi connectivity index (χ3v) is 2.43. The maximum absolute atomic E-state index is 11.8. The summed E-state index contributed by atoms with van der Waals surface area (Å²) >= 11 is 5.79. The number of amides is 1. The van der Waals surface area contributed by atoms with Crippen LogP contribution in [0.15, 0.2) is 22.7 Å². The van der Waals surface area contributed by atoms with Crippen molar-refractivity contribution in [3.05, 3.63) is 28.9 Å². The number of benzene rings is 1. The van der Waals surface area contributed by atoms with Gasteiger partial charge in [0.2, 0.25) is 0 Å². The van der Waals surface area contributed by atoms with Gasteiger partial charge >= 0.3 is 0 Å². The molecule has 84 valence electrons. The Bertz CT molecular complexity index is 538. The minimum absolute atomic E-state index is 0.205. The van der Waals surface area contributed by atoms with Crippen molar-refractivity contribution in [3.8, 4) is 0 Å². The molecular formula is C10H9ClN2O3. The zero-order valence-corrected chi connectivity index (χ0v) is 9.49. The first kappa shape index (κ1) is 10.9. The van der Waals surface area contributed by atoms with Crippen LogP contribution in [0.3, 0.4) is 0 Å². The van der Waals surface area contributed by atoms with E-state index < -0.39 is 0 Å². The lowest BCUT2D eigenvalue weighted by Gasteiger charge is -2.11. The lowest BCUT2D eigenvalue weighted by atomic mass is 10.2. The molecule has 0 aliphatic heterocycles. The first-order valence-corrected chi connectivity index (χ1v) is 4.88. The Labute approximate surface area is 96.5 Å². The minimum Gasteiger partial charge on any atom is -0.355 e. The second kappa shape index (κ2) is 4.11. The summed E-state index contributed by atoms with van der Waals surface area (Å²) in [5, 5.41) is 5.92. The van der Waals surface area contributed by atoms with Crippen LogP contribution in [0.2, 0.25) is 5.02 Å². The average molecular weight is 241 g/mol. The van der Waals surface area contributed by atoms with Crippen molar-refractivity contribution in [2.45, 2.75) is 0 Å². The summed E-state index contributed by atoms with van der Waals surface area (Å²) in [6, 6.07) is 4.96. The average Bonchev–Trinajstić information content (AvgIpc) is 2.69. The van der Waals surface area contributed by atoms with Gasteiger partial charge < -0.3 is 4.52 Å². The predicted molar refractivity (Wildman–Crippen MR) is 58.1 cm³/mol. The van der Waals surface area contributed by atoms with Crippen LogP contribution < -0.4 is 0 Å². The topological polar surface area (TPSA) is 55.6 Å². The number of halogens is 1. The first-order valence-electron chi connectivity index (χ1n) is 4.50. The summed E-state index contributed by atoms with van der Waals surface area (Å²) in [6.45, 7) is 0. The Balaban J connectivity index is 2.50. The van der Waals surface area contributed by atoms with E-state index in [0.29, 0.717) is 16.0 Å². The van der Waals surface area contributed by atoms with Gasteiger partial charge in [-0.05, 0) is 12.1 Å². The van der Waals surface area contributed by atoms with Crippen LogP contribution in [0.4, 0.5) is 0 Å². The summed E-state index contributed by atoms with van der Waals surface area (Å²) in [5.74, 6) is -0.372. The van der Waals surface area contributed by atoms with Gasteiger partial charge in [0.1, 0.15) is 0 Å². The van der Waals surface area contributed by atoms with Gasteiger partial charge in [0, 0.05) is 18.1 Å². The summed E-state index contributed by atoms with van der Waals surface area (Å²) in [7, 11) is 2.90. The van der Waals surface area contributed by atoms with Crippen LogP contribution in [0.25, 0.3) is 11.0 Å². The van der Waals surface area contributed by atoms with Gasteiger partial charge in [-0.2, -0.15) is 0 Å². The van der Waals surface area contributed by atoms with Gasteiger partial charge in [-0.25, -0.2) is 5.06 Å². The van der Waals surface area contributed by atoms with E-state index in [9.17, 15) is 4.79 Å². The number of carbonyl (C=O) groups is 1. The van der Waals surface area contributed by atoms with Gasteiger partial charge in [0.15, 0.2) is 11.3 Å². The molecule has 0 aliphatic carbocycles. The highest BCUT2D eigenvalue weighted by Crippen LogP contribution is 2.23. The summed E-state index contributed by atoms with van der Waals surface area (Å²) in [5.41, 5.74) is 0.677. The SMILES string of the molecule is CON(C)C(=O)c1noc2cc(Cl)ccc12. The minimum atomic E-state index is -0.372. The molecule has 0 fully saturated rings. The van der Waals surface area contributed by atoms with Gasteiger partial charge in [-0.1, -0.05) is 16.8 Å². The molecule has 6 heteroatoms. The van der Waals surface area contributed by atoms with Crippen LogP contribution >= 0.6 is 11.6 Å². The van der Waals surface area contributed by atoms with Crippen molar-refractivity contribution in [3.63, 3.8) is 0 Å². The predicted octanol–water partition coefficient (Wildman–Crippen LogP) is 2.11. The van der Waals surface area contributed by atoms with E-state index in [0.717, 1.165) is 5.06 Å². The highest BCUT2D eigenvalue weighted by atomic mass is 35.5. The van der Waals surface area contributed by atoms with Crippen LogP contribution in [-0.4, -0.2) is 30.3 Å². The fourth-order valence-electron chi connectivity index (χ4n) is 1.30. The fraction of sp³-hybridized carbons (Fsp3) is 0.200. The normalized spacial score (nSPS) is 10.7. The Kier molecular flexibility index (Phi) is 2.80. The van der Waals surface area contributed by atoms with E-state index in [1.165, 1.54) is 14.2 Å². The maximum atomic E-state index is 11.8. The van der Waals surface area contributed by atoms with Crippen LogP contribution in [-0.2, 0) is 4.84 Å². The molecule has 1 heterocycles. The maximum Gasteiger partial charge on any atom is 0.299 e. The Morgan fingerprint density at radius 1 is 1.56 bits per heavy atom. The number of aromatic nitrogens is 1. The van der Waals surface area contributed by atoms with Gasteiger partial charge in [-0.3, -0.25) is 9.63 Å². The zero-order valence-electron chi connectivity index (χ0n) is 8.73. The molecule has 2 aromatic rings. The number of hydrogen-bond acceptors (Lipinski definition) is 4. The summed E-state index contributed by atoms with van der Waals surface area (Å²) < 4.78 is 5.01. The van der Waals surface area contributed by atoms with E-state index in [-0.39, 0.29) is 11.6 Å². The molecule has 1 aromatic heterocycles. The molecule has 0 atom stereocenters. The van der Waals surface area contributed by atoms with E-state index in [2.05, 4.69) is 5.16 Å². The lowest BCUT2D eigenvalue weighted by molar-refractivity contribution is -0.0761. The molecule has 5 nitrogen and oxygen atoms in total. The second-order valence-electron chi connectivity index (χ2n) is 3.16. The van der Waals surface area contributed by atoms with Crippen molar-refractivity contribution in [2.75, 3.05) is 14.2 Å². The summed E-state index contributed by atoms with van der Waals surface area (Å²) in [4.78, 5) is 16.6. The fourth-order valence-corrected chi connectivity index (χ4v) is 1.46. The number of rotatable bonds is 2. The van der Waals surface area contributed by atoms with E-state index in [1.807, 2.05) is 0 Å². The standard InChI is InChI=1S/C10H9ClN2O3/c1-13(15-2)10(14)9-7-4-3-6(11)5-8(7)16-12-9/h3-5H,1-2H3. The molecule has 0 unspecified atom stereocenters. The molecule has 0 aliphatic rings. The second-order valence-corrected chi connectivity index (χ2v) is 3.59. The third kappa shape index (κ3) is 1.75. The molecule has 0 N–H and O–H groups in total. The molecule has 1 amide bonds. The van der Waals surface area contributed by atoms with Crippen molar-refractivity contribution in [1.29, 1.82) is 0 Å². The Hall–Kier alpha value is -1.59. The van der Waals surface area contributed by atoms with Crippen molar-refractivity contribution in [1.82, 2.24) is 10.2 Å². The van der Waals surface area contributed by atoms with E-state index in [1.54, 1.807) is 18.2 Å². The molecule has 16 heavy (non-hydrogen) atoms. The highest BCUT2D eigenvalue weighted by molar-refractivity contribution is 6.31.